The Morgan fingerprint density at radius 3 is 2.44 bits per heavy atom. The molecule has 1 aromatic rings. The predicted molar refractivity (Wildman–Crippen MR) is 78.5 cm³/mol. The highest BCUT2D eigenvalue weighted by Crippen LogP contribution is 2.24. The summed E-state index contributed by atoms with van der Waals surface area (Å²) in [5.41, 5.74) is 1.14. The van der Waals surface area contributed by atoms with Gasteiger partial charge in [0.25, 0.3) is 0 Å². The molecule has 0 aliphatic rings. The fourth-order valence-corrected chi connectivity index (χ4v) is 2.86. The number of hydrogen-bond acceptors (Lipinski definition) is 3. The highest BCUT2D eigenvalue weighted by Gasteiger charge is 2.17. The summed E-state index contributed by atoms with van der Waals surface area (Å²) in [5, 5.41) is 11.4. The van der Waals surface area contributed by atoms with Gasteiger partial charge in [0.1, 0.15) is 0 Å². The van der Waals surface area contributed by atoms with Crippen LogP contribution in [0, 0.1) is 0 Å². The minimum Gasteiger partial charge on any atom is -0.312 e. The molecular formula is C13H25BrN4. The topological polar surface area (TPSA) is 42.7 Å². The van der Waals surface area contributed by atoms with Gasteiger partial charge >= 0.3 is 0 Å². The van der Waals surface area contributed by atoms with E-state index in [9.17, 15) is 0 Å². The van der Waals surface area contributed by atoms with E-state index in [1.165, 1.54) is 38.5 Å². The summed E-state index contributed by atoms with van der Waals surface area (Å²) in [7, 11) is 3.94. The van der Waals surface area contributed by atoms with Gasteiger partial charge in [0.05, 0.1) is 11.7 Å². The van der Waals surface area contributed by atoms with Gasteiger partial charge in [-0.1, -0.05) is 50.7 Å². The lowest BCUT2D eigenvalue weighted by Gasteiger charge is -2.16. The van der Waals surface area contributed by atoms with Crippen molar-refractivity contribution in [1.82, 2.24) is 20.3 Å². The molecule has 0 radical (unpaired) electrons. The zero-order chi connectivity index (χ0) is 13.4. The summed E-state index contributed by atoms with van der Waals surface area (Å²) in [4.78, 5) is 0. The van der Waals surface area contributed by atoms with Gasteiger partial charge in [-0.05, 0) is 29.4 Å². The maximum atomic E-state index is 4.04. The molecule has 1 rings (SSSR count). The number of halogens is 1. The van der Waals surface area contributed by atoms with E-state index in [2.05, 4.69) is 38.5 Å². The molecule has 0 fully saturated rings. The van der Waals surface area contributed by atoms with E-state index in [0.717, 1.165) is 16.7 Å². The Kier molecular flexibility index (Phi) is 7.51. The lowest BCUT2D eigenvalue weighted by Crippen LogP contribution is -2.19. The molecule has 0 amide bonds. The van der Waals surface area contributed by atoms with Crippen LogP contribution in [0.3, 0.4) is 0 Å². The predicted octanol–water partition coefficient (Wildman–Crippen LogP) is 3.59. The third-order valence-electron chi connectivity index (χ3n) is 3.35. The highest BCUT2D eigenvalue weighted by molar-refractivity contribution is 9.10. The van der Waals surface area contributed by atoms with Crippen LogP contribution in [0.15, 0.2) is 4.60 Å². The quantitative estimate of drug-likeness (QED) is 0.708. The molecule has 18 heavy (non-hydrogen) atoms. The molecule has 0 bridgehead atoms. The van der Waals surface area contributed by atoms with Gasteiger partial charge in [0, 0.05) is 7.05 Å². The van der Waals surface area contributed by atoms with E-state index in [1.807, 2.05) is 18.8 Å². The van der Waals surface area contributed by atoms with Crippen LogP contribution < -0.4 is 5.32 Å². The van der Waals surface area contributed by atoms with Crippen molar-refractivity contribution in [3.8, 4) is 0 Å². The number of aryl methyl sites for hydroxylation is 1. The minimum atomic E-state index is 0.338. The Labute approximate surface area is 119 Å². The van der Waals surface area contributed by atoms with Crippen LogP contribution in [0.1, 0.15) is 63.6 Å². The first-order valence-electron chi connectivity index (χ1n) is 6.93. The van der Waals surface area contributed by atoms with Crippen molar-refractivity contribution in [2.24, 2.45) is 7.05 Å². The molecule has 1 atom stereocenters. The maximum absolute atomic E-state index is 4.04. The first-order chi connectivity index (χ1) is 8.70. The summed E-state index contributed by atoms with van der Waals surface area (Å²) >= 11 is 3.47. The Morgan fingerprint density at radius 1 is 1.22 bits per heavy atom. The monoisotopic (exact) mass is 316 g/mol. The van der Waals surface area contributed by atoms with Gasteiger partial charge in [-0.25, -0.2) is 4.68 Å². The van der Waals surface area contributed by atoms with Crippen LogP contribution in [0.25, 0.3) is 0 Å². The standard InChI is InChI=1S/C13H25BrN4/c1-4-5-6-7-8-9-10-11(15-2)12-13(14)16-17-18(12)3/h11,15H,4-10H2,1-3H3. The molecule has 0 aliphatic heterocycles. The van der Waals surface area contributed by atoms with Gasteiger partial charge in [-0.2, -0.15) is 0 Å². The summed E-state index contributed by atoms with van der Waals surface area (Å²) in [5.74, 6) is 0. The Hall–Kier alpha value is -0.420. The number of nitrogens with zero attached hydrogens (tertiary/aromatic N) is 3. The SMILES string of the molecule is CCCCCCCCC(NC)c1c(Br)nnn1C. The highest BCUT2D eigenvalue weighted by atomic mass is 79.9. The van der Waals surface area contributed by atoms with Crippen LogP contribution >= 0.6 is 15.9 Å². The van der Waals surface area contributed by atoms with Crippen molar-refractivity contribution < 1.29 is 0 Å². The number of unbranched alkanes of at least 4 members (excludes halogenated alkanes) is 5. The summed E-state index contributed by atoms with van der Waals surface area (Å²) in [6.45, 7) is 2.25. The first-order valence-corrected chi connectivity index (χ1v) is 7.72. The minimum absolute atomic E-state index is 0.338. The van der Waals surface area contributed by atoms with E-state index in [0.29, 0.717) is 6.04 Å². The second-order valence-electron chi connectivity index (χ2n) is 4.79. The molecule has 0 aliphatic carbocycles. The van der Waals surface area contributed by atoms with E-state index in [-0.39, 0.29) is 0 Å². The van der Waals surface area contributed by atoms with Gasteiger partial charge in [0.15, 0.2) is 4.60 Å². The summed E-state index contributed by atoms with van der Waals surface area (Å²) < 4.78 is 2.71. The molecular weight excluding hydrogens is 292 g/mol. The summed E-state index contributed by atoms with van der Waals surface area (Å²) in [6, 6.07) is 0.338. The first kappa shape index (κ1) is 15.6. The van der Waals surface area contributed by atoms with Crippen molar-refractivity contribution >= 4 is 15.9 Å². The van der Waals surface area contributed by atoms with Crippen LogP contribution in [0.5, 0.6) is 0 Å². The average Bonchev–Trinajstić information content (AvgIpc) is 2.69. The molecule has 4 nitrogen and oxygen atoms in total. The third kappa shape index (κ3) is 4.69. The van der Waals surface area contributed by atoms with Crippen LogP contribution in [0.2, 0.25) is 0 Å². The molecule has 0 aromatic carbocycles. The zero-order valence-corrected chi connectivity index (χ0v) is 13.3. The van der Waals surface area contributed by atoms with Crippen LogP contribution in [0.4, 0.5) is 0 Å². The molecule has 5 heteroatoms. The zero-order valence-electron chi connectivity index (χ0n) is 11.7. The van der Waals surface area contributed by atoms with E-state index < -0.39 is 0 Å². The Balaban J connectivity index is 2.34. The van der Waals surface area contributed by atoms with Crippen LogP contribution in [-0.4, -0.2) is 22.0 Å². The molecule has 1 unspecified atom stereocenters. The van der Waals surface area contributed by atoms with Crippen molar-refractivity contribution in [3.63, 3.8) is 0 Å². The fraction of sp³-hybridized carbons (Fsp3) is 0.846. The number of rotatable bonds is 9. The molecule has 0 saturated carbocycles. The molecule has 0 saturated heterocycles. The summed E-state index contributed by atoms with van der Waals surface area (Å²) in [6.07, 6.45) is 9.13. The normalized spacial score (nSPS) is 12.9. The number of nitrogens with one attached hydrogen (secondary N) is 1. The Morgan fingerprint density at radius 2 is 1.89 bits per heavy atom. The number of hydrogen-bond donors (Lipinski definition) is 1. The van der Waals surface area contributed by atoms with Crippen molar-refractivity contribution in [2.75, 3.05) is 7.05 Å². The van der Waals surface area contributed by atoms with Gasteiger partial charge in [-0.3, -0.25) is 0 Å². The molecule has 1 aromatic heterocycles. The van der Waals surface area contributed by atoms with Crippen molar-refractivity contribution in [2.45, 2.75) is 57.9 Å². The molecule has 1 heterocycles. The van der Waals surface area contributed by atoms with E-state index in [1.54, 1.807) is 0 Å². The van der Waals surface area contributed by atoms with E-state index >= 15 is 0 Å². The largest absolute Gasteiger partial charge is 0.312 e. The number of aromatic nitrogens is 3. The van der Waals surface area contributed by atoms with Gasteiger partial charge in [-0.15, -0.1) is 5.10 Å². The molecule has 0 spiro atoms. The Bertz CT molecular complexity index is 318. The molecule has 104 valence electrons. The maximum Gasteiger partial charge on any atom is 0.153 e. The molecule has 1 N–H and O–H groups in total. The van der Waals surface area contributed by atoms with Gasteiger partial charge < -0.3 is 5.32 Å². The fourth-order valence-electron chi connectivity index (χ4n) is 2.26. The van der Waals surface area contributed by atoms with Crippen LogP contribution in [-0.2, 0) is 7.05 Å². The lowest BCUT2D eigenvalue weighted by molar-refractivity contribution is 0.469. The average molecular weight is 317 g/mol. The van der Waals surface area contributed by atoms with Crippen molar-refractivity contribution in [3.05, 3.63) is 10.3 Å². The second kappa shape index (κ2) is 8.64. The van der Waals surface area contributed by atoms with Gasteiger partial charge in [0.2, 0.25) is 0 Å². The second-order valence-corrected chi connectivity index (χ2v) is 5.54. The van der Waals surface area contributed by atoms with E-state index in [4.69, 9.17) is 0 Å². The van der Waals surface area contributed by atoms with Crippen molar-refractivity contribution in [1.29, 1.82) is 0 Å². The smallest absolute Gasteiger partial charge is 0.153 e. The third-order valence-corrected chi connectivity index (χ3v) is 3.92. The lowest BCUT2D eigenvalue weighted by atomic mass is 10.0.